The molecule has 0 unspecified atom stereocenters. The average molecular weight is 429 g/mol. The first-order valence-corrected chi connectivity index (χ1v) is 11.8. The molecule has 3 rings (SSSR count). The molecule has 172 valence electrons. The van der Waals surface area contributed by atoms with Crippen LogP contribution in [0.15, 0.2) is 29.8 Å². The number of rotatable bonds is 4. The van der Waals surface area contributed by atoms with Crippen molar-refractivity contribution in [1.82, 2.24) is 9.80 Å². The molecule has 2 aliphatic rings. The van der Waals surface area contributed by atoms with Crippen LogP contribution in [0.4, 0.5) is 4.79 Å². The molecule has 0 N–H and O–H groups in total. The van der Waals surface area contributed by atoms with Crippen LogP contribution in [-0.2, 0) is 4.74 Å². The quantitative estimate of drug-likeness (QED) is 0.613. The van der Waals surface area contributed by atoms with Crippen LogP contribution in [0.2, 0.25) is 0 Å². The van der Waals surface area contributed by atoms with Crippen LogP contribution < -0.4 is 4.74 Å². The van der Waals surface area contributed by atoms with E-state index in [1.54, 1.807) is 5.57 Å². The summed E-state index contributed by atoms with van der Waals surface area (Å²) in [5.74, 6) is 0.934. The first kappa shape index (κ1) is 23.6. The number of nitrogens with zero attached hydrogens (tertiary/aromatic N) is 2. The van der Waals surface area contributed by atoms with Crippen LogP contribution >= 0.6 is 0 Å². The summed E-state index contributed by atoms with van der Waals surface area (Å²) in [6, 6.07) is 9.09. The van der Waals surface area contributed by atoms with Gasteiger partial charge in [0.05, 0.1) is 6.10 Å². The van der Waals surface area contributed by atoms with E-state index < -0.39 is 5.60 Å². The highest BCUT2D eigenvalue weighted by molar-refractivity contribution is 5.68. The molecule has 2 aliphatic heterocycles. The predicted octanol–water partition coefficient (Wildman–Crippen LogP) is 5.74. The number of allylic oxidation sites excluding steroid dienone is 1. The standard InChI is InChI=1S/C26H40N2O3/c1-19(2)30-24-9-7-21(8-10-24)20(3)22-11-15-27(16-12-22)23-13-17-28(18-14-23)25(29)31-26(4,5)6/h7-10,19,23H,11-18H2,1-6H3. The Kier molecular flexibility index (Phi) is 7.68. The number of carbonyl (C=O) groups excluding carboxylic acids is 1. The second-order valence-corrected chi connectivity index (χ2v) is 10.2. The van der Waals surface area contributed by atoms with E-state index in [1.165, 1.54) is 11.1 Å². The summed E-state index contributed by atoms with van der Waals surface area (Å²) in [4.78, 5) is 16.8. The maximum absolute atomic E-state index is 12.3. The van der Waals surface area contributed by atoms with Gasteiger partial charge in [-0.3, -0.25) is 4.90 Å². The van der Waals surface area contributed by atoms with E-state index >= 15 is 0 Å². The fourth-order valence-electron chi connectivity index (χ4n) is 4.53. The Morgan fingerprint density at radius 2 is 1.58 bits per heavy atom. The number of hydrogen-bond donors (Lipinski definition) is 0. The van der Waals surface area contributed by atoms with Crippen LogP contribution in [0.25, 0.3) is 5.57 Å². The monoisotopic (exact) mass is 428 g/mol. The smallest absolute Gasteiger partial charge is 0.410 e. The van der Waals surface area contributed by atoms with E-state index in [1.807, 2.05) is 25.7 Å². The van der Waals surface area contributed by atoms with Crippen molar-refractivity contribution < 1.29 is 14.3 Å². The van der Waals surface area contributed by atoms with Gasteiger partial charge in [0, 0.05) is 32.2 Å². The fourth-order valence-corrected chi connectivity index (χ4v) is 4.53. The summed E-state index contributed by atoms with van der Waals surface area (Å²) in [6.45, 7) is 15.9. The highest BCUT2D eigenvalue weighted by Crippen LogP contribution is 2.30. The van der Waals surface area contributed by atoms with Crippen molar-refractivity contribution in [1.29, 1.82) is 0 Å². The molecule has 0 spiro atoms. The zero-order chi connectivity index (χ0) is 22.6. The van der Waals surface area contributed by atoms with Crippen LogP contribution in [0.5, 0.6) is 5.75 Å². The van der Waals surface area contributed by atoms with Gasteiger partial charge in [-0.05, 0) is 90.5 Å². The SMILES string of the molecule is CC(=C1CCN(C2CCN(C(=O)OC(C)(C)C)CC2)CC1)c1ccc(OC(C)C)cc1. The van der Waals surface area contributed by atoms with E-state index in [2.05, 4.69) is 49.9 Å². The topological polar surface area (TPSA) is 42.0 Å². The Hall–Kier alpha value is -2.01. The van der Waals surface area contributed by atoms with Gasteiger partial charge in [0.25, 0.3) is 0 Å². The van der Waals surface area contributed by atoms with E-state index in [-0.39, 0.29) is 12.2 Å². The Balaban J connectivity index is 1.50. The molecule has 5 heteroatoms. The molecule has 0 saturated carbocycles. The Labute approximate surface area is 188 Å². The van der Waals surface area contributed by atoms with E-state index in [0.717, 1.165) is 57.6 Å². The largest absolute Gasteiger partial charge is 0.491 e. The lowest BCUT2D eigenvalue weighted by molar-refractivity contribution is 0.0138. The number of carbonyl (C=O) groups is 1. The Bertz CT molecular complexity index is 759. The summed E-state index contributed by atoms with van der Waals surface area (Å²) in [6.07, 6.45) is 4.36. The van der Waals surface area contributed by atoms with Crippen molar-refractivity contribution >= 4 is 11.7 Å². The zero-order valence-corrected chi connectivity index (χ0v) is 20.2. The number of amides is 1. The van der Waals surface area contributed by atoms with Gasteiger partial charge in [-0.25, -0.2) is 4.79 Å². The first-order valence-electron chi connectivity index (χ1n) is 11.8. The van der Waals surface area contributed by atoms with Crippen LogP contribution in [-0.4, -0.2) is 59.8 Å². The van der Waals surface area contributed by atoms with Crippen molar-refractivity contribution in [2.75, 3.05) is 26.2 Å². The minimum absolute atomic E-state index is 0.171. The number of piperidine rings is 2. The molecule has 2 heterocycles. The molecule has 31 heavy (non-hydrogen) atoms. The number of benzene rings is 1. The maximum atomic E-state index is 12.3. The lowest BCUT2D eigenvalue weighted by Crippen LogP contribution is -2.49. The lowest BCUT2D eigenvalue weighted by atomic mass is 9.92. The van der Waals surface area contributed by atoms with Gasteiger partial charge < -0.3 is 14.4 Å². The van der Waals surface area contributed by atoms with Crippen LogP contribution in [0.1, 0.15) is 72.8 Å². The van der Waals surface area contributed by atoms with Gasteiger partial charge in [-0.15, -0.1) is 0 Å². The molecule has 0 aliphatic carbocycles. The molecule has 0 atom stereocenters. The van der Waals surface area contributed by atoms with Gasteiger partial charge in [0.1, 0.15) is 11.4 Å². The highest BCUT2D eigenvalue weighted by Gasteiger charge is 2.30. The summed E-state index contributed by atoms with van der Waals surface area (Å²) in [5.41, 5.74) is 3.85. The molecule has 0 aromatic heterocycles. The van der Waals surface area contributed by atoms with Gasteiger partial charge >= 0.3 is 6.09 Å². The number of ether oxygens (including phenoxy) is 2. The minimum atomic E-state index is -0.427. The molecule has 2 fully saturated rings. The zero-order valence-electron chi connectivity index (χ0n) is 20.2. The van der Waals surface area contributed by atoms with E-state index in [0.29, 0.717) is 6.04 Å². The summed E-state index contributed by atoms with van der Waals surface area (Å²) in [5, 5.41) is 0. The molecule has 1 amide bonds. The lowest BCUT2D eigenvalue weighted by Gasteiger charge is -2.41. The second kappa shape index (κ2) is 10.1. The maximum Gasteiger partial charge on any atom is 0.410 e. The third kappa shape index (κ3) is 6.73. The van der Waals surface area contributed by atoms with Crippen molar-refractivity contribution in [3.8, 4) is 5.75 Å². The third-order valence-corrected chi connectivity index (χ3v) is 6.22. The van der Waals surface area contributed by atoms with Gasteiger partial charge in [-0.1, -0.05) is 17.7 Å². The first-order chi connectivity index (χ1) is 14.6. The molecular formula is C26H40N2O3. The van der Waals surface area contributed by atoms with Crippen molar-refractivity contribution in [2.45, 2.75) is 85.0 Å². The van der Waals surface area contributed by atoms with Gasteiger partial charge in [-0.2, -0.15) is 0 Å². The van der Waals surface area contributed by atoms with Crippen molar-refractivity contribution in [2.24, 2.45) is 0 Å². The Morgan fingerprint density at radius 1 is 1.00 bits per heavy atom. The molecular weight excluding hydrogens is 388 g/mol. The van der Waals surface area contributed by atoms with E-state index in [9.17, 15) is 4.79 Å². The molecule has 1 aromatic carbocycles. The number of likely N-dealkylation sites (tertiary alicyclic amines) is 2. The molecule has 0 bridgehead atoms. The van der Waals surface area contributed by atoms with Crippen LogP contribution in [0, 0.1) is 0 Å². The third-order valence-electron chi connectivity index (χ3n) is 6.22. The van der Waals surface area contributed by atoms with E-state index in [4.69, 9.17) is 9.47 Å². The number of hydrogen-bond acceptors (Lipinski definition) is 4. The Morgan fingerprint density at radius 3 is 2.10 bits per heavy atom. The molecule has 1 aromatic rings. The van der Waals surface area contributed by atoms with Gasteiger partial charge in [0.2, 0.25) is 0 Å². The summed E-state index contributed by atoms with van der Waals surface area (Å²) in [7, 11) is 0. The highest BCUT2D eigenvalue weighted by atomic mass is 16.6. The minimum Gasteiger partial charge on any atom is -0.491 e. The molecule has 0 radical (unpaired) electrons. The fraction of sp³-hybridized carbons (Fsp3) is 0.654. The molecule has 5 nitrogen and oxygen atoms in total. The predicted molar refractivity (Wildman–Crippen MR) is 126 cm³/mol. The van der Waals surface area contributed by atoms with Crippen molar-refractivity contribution in [3.05, 3.63) is 35.4 Å². The van der Waals surface area contributed by atoms with Gasteiger partial charge in [0.15, 0.2) is 0 Å². The molecule has 2 saturated heterocycles. The average Bonchev–Trinajstić information content (AvgIpc) is 2.72. The summed E-state index contributed by atoms with van der Waals surface area (Å²) < 4.78 is 11.3. The van der Waals surface area contributed by atoms with Crippen molar-refractivity contribution in [3.63, 3.8) is 0 Å². The van der Waals surface area contributed by atoms with Crippen LogP contribution in [0.3, 0.4) is 0 Å². The summed E-state index contributed by atoms with van der Waals surface area (Å²) >= 11 is 0. The normalized spacial score (nSPS) is 18.9. The second-order valence-electron chi connectivity index (χ2n) is 10.2.